The molecule has 22 heavy (non-hydrogen) atoms. The maximum atomic E-state index is 6.69. The van der Waals surface area contributed by atoms with Crippen molar-refractivity contribution in [2.75, 3.05) is 0 Å². The van der Waals surface area contributed by atoms with Crippen LogP contribution >= 0.6 is 0 Å². The Morgan fingerprint density at radius 3 is 2.27 bits per heavy atom. The van der Waals surface area contributed by atoms with E-state index in [0.29, 0.717) is 5.92 Å². The highest BCUT2D eigenvalue weighted by molar-refractivity contribution is 6.77. The van der Waals surface area contributed by atoms with E-state index in [1.165, 1.54) is 24.8 Å². The van der Waals surface area contributed by atoms with Crippen LogP contribution in [-0.2, 0) is 4.74 Å². The molecule has 1 aromatic carbocycles. The van der Waals surface area contributed by atoms with Crippen LogP contribution in [0.5, 0.6) is 0 Å². The average Bonchev–Trinajstić information content (AvgIpc) is 2.49. The van der Waals surface area contributed by atoms with Gasteiger partial charge >= 0.3 is 0 Å². The summed E-state index contributed by atoms with van der Waals surface area (Å²) in [7, 11) is -1.45. The van der Waals surface area contributed by atoms with E-state index < -0.39 is 8.07 Å². The monoisotopic (exact) mass is 318 g/mol. The molecule has 124 valence electrons. The van der Waals surface area contributed by atoms with Gasteiger partial charge in [-0.25, -0.2) is 0 Å². The molecule has 1 rings (SSSR count). The van der Waals surface area contributed by atoms with Gasteiger partial charge in [-0.05, 0) is 17.9 Å². The highest BCUT2D eigenvalue weighted by Gasteiger charge is 2.32. The van der Waals surface area contributed by atoms with Crippen molar-refractivity contribution >= 4 is 8.07 Å². The van der Waals surface area contributed by atoms with E-state index in [0.717, 1.165) is 6.42 Å². The highest BCUT2D eigenvalue weighted by Crippen LogP contribution is 2.32. The molecule has 3 atom stereocenters. The van der Waals surface area contributed by atoms with Crippen molar-refractivity contribution in [2.45, 2.75) is 71.0 Å². The van der Waals surface area contributed by atoms with Gasteiger partial charge in [0.1, 0.15) is 0 Å². The first kappa shape index (κ1) is 19.2. The molecule has 0 radical (unpaired) electrons. The summed E-state index contributed by atoms with van der Waals surface area (Å²) in [6.07, 6.45) is 7.24. The Hall–Kier alpha value is -0.863. The summed E-state index contributed by atoms with van der Waals surface area (Å²) in [5, 5.41) is 0. The molecule has 0 spiro atoms. The van der Waals surface area contributed by atoms with Crippen molar-refractivity contribution in [3.63, 3.8) is 0 Å². The summed E-state index contributed by atoms with van der Waals surface area (Å²) in [6.45, 7) is 15.7. The maximum Gasteiger partial charge on any atom is 0.0842 e. The molecule has 0 saturated carbocycles. The number of hydrogen-bond donors (Lipinski definition) is 0. The number of unbranched alkanes of at least 4 members (excludes halogenated alkanes) is 2. The van der Waals surface area contributed by atoms with Crippen molar-refractivity contribution in [3.8, 4) is 0 Å². The summed E-state index contributed by atoms with van der Waals surface area (Å²) in [6, 6.07) is 10.7. The standard InChI is InChI=1S/C20H34OSi/c1-7-9-11-16-19(17(3)8-2)21-20(22(4,5)6)18-14-12-10-13-15-18/h8,10,12-15,17,19-20H,2,7,9,11,16H2,1,3-6H3/t17?,19-,20+/m1/s1. The van der Waals surface area contributed by atoms with Crippen molar-refractivity contribution in [1.29, 1.82) is 0 Å². The van der Waals surface area contributed by atoms with Crippen LogP contribution in [-0.4, -0.2) is 14.2 Å². The van der Waals surface area contributed by atoms with Gasteiger partial charge in [0, 0.05) is 0 Å². The van der Waals surface area contributed by atoms with Crippen molar-refractivity contribution < 1.29 is 4.74 Å². The third-order valence-electron chi connectivity index (χ3n) is 4.25. The Bertz CT molecular complexity index is 421. The summed E-state index contributed by atoms with van der Waals surface area (Å²) in [5.74, 6) is 0.402. The molecule has 0 bridgehead atoms. The predicted molar refractivity (Wildman–Crippen MR) is 101 cm³/mol. The molecule has 0 aliphatic carbocycles. The second kappa shape index (κ2) is 9.31. The molecule has 0 aromatic heterocycles. The lowest BCUT2D eigenvalue weighted by atomic mass is 9.99. The fourth-order valence-electron chi connectivity index (χ4n) is 2.79. The Morgan fingerprint density at radius 2 is 1.77 bits per heavy atom. The fraction of sp³-hybridized carbons (Fsp3) is 0.600. The van der Waals surface area contributed by atoms with Crippen LogP contribution in [0.1, 0.15) is 50.8 Å². The molecule has 0 aliphatic heterocycles. The number of ether oxygens (including phenoxy) is 1. The van der Waals surface area contributed by atoms with Crippen LogP contribution in [0.4, 0.5) is 0 Å². The van der Waals surface area contributed by atoms with Crippen LogP contribution in [0, 0.1) is 5.92 Å². The smallest absolute Gasteiger partial charge is 0.0842 e. The van der Waals surface area contributed by atoms with E-state index >= 15 is 0 Å². The second-order valence-electron chi connectivity index (χ2n) is 7.42. The fourth-order valence-corrected chi connectivity index (χ4v) is 4.56. The van der Waals surface area contributed by atoms with Crippen molar-refractivity contribution in [1.82, 2.24) is 0 Å². The molecule has 1 unspecified atom stereocenters. The molecular formula is C20H34OSi. The number of hydrogen-bond acceptors (Lipinski definition) is 1. The third kappa shape index (κ3) is 6.10. The quantitative estimate of drug-likeness (QED) is 0.276. The third-order valence-corrected chi connectivity index (χ3v) is 6.29. The Balaban J connectivity index is 2.90. The highest BCUT2D eigenvalue weighted by atomic mass is 28.3. The van der Waals surface area contributed by atoms with E-state index in [1.807, 2.05) is 6.08 Å². The van der Waals surface area contributed by atoms with E-state index in [2.05, 4.69) is 70.4 Å². The first-order chi connectivity index (χ1) is 10.4. The van der Waals surface area contributed by atoms with Gasteiger partial charge in [-0.15, -0.1) is 6.58 Å². The van der Waals surface area contributed by atoms with Gasteiger partial charge < -0.3 is 4.74 Å². The molecule has 0 N–H and O–H groups in total. The molecule has 0 fully saturated rings. The largest absolute Gasteiger partial charge is 0.373 e. The van der Waals surface area contributed by atoms with Gasteiger partial charge in [-0.2, -0.15) is 0 Å². The van der Waals surface area contributed by atoms with Crippen LogP contribution in [0.15, 0.2) is 43.0 Å². The lowest BCUT2D eigenvalue weighted by Gasteiger charge is -2.35. The zero-order chi connectivity index (χ0) is 16.6. The summed E-state index contributed by atoms with van der Waals surface area (Å²) < 4.78 is 6.69. The minimum Gasteiger partial charge on any atom is -0.373 e. The Morgan fingerprint density at radius 1 is 1.14 bits per heavy atom. The normalized spacial score (nSPS) is 16.0. The van der Waals surface area contributed by atoms with Gasteiger partial charge in [0.2, 0.25) is 0 Å². The van der Waals surface area contributed by atoms with Crippen LogP contribution in [0.2, 0.25) is 19.6 Å². The van der Waals surface area contributed by atoms with Crippen LogP contribution < -0.4 is 0 Å². The molecule has 1 aromatic rings. The lowest BCUT2D eigenvalue weighted by molar-refractivity contribution is -0.00345. The summed E-state index contributed by atoms with van der Waals surface area (Å²) in [5.41, 5.74) is 1.58. The van der Waals surface area contributed by atoms with E-state index in [-0.39, 0.29) is 11.8 Å². The first-order valence-corrected chi connectivity index (χ1v) is 12.3. The molecule has 1 nitrogen and oxygen atoms in total. The molecule has 0 amide bonds. The van der Waals surface area contributed by atoms with Gasteiger partial charge in [-0.1, -0.05) is 89.2 Å². The zero-order valence-corrected chi connectivity index (χ0v) is 16.1. The summed E-state index contributed by atoms with van der Waals surface area (Å²) >= 11 is 0. The Kier molecular flexibility index (Phi) is 8.12. The van der Waals surface area contributed by atoms with E-state index in [9.17, 15) is 0 Å². The molecule has 0 aliphatic rings. The lowest BCUT2D eigenvalue weighted by Crippen LogP contribution is -2.37. The van der Waals surface area contributed by atoms with Crippen LogP contribution in [0.25, 0.3) is 0 Å². The maximum absolute atomic E-state index is 6.69. The first-order valence-electron chi connectivity index (χ1n) is 8.73. The van der Waals surface area contributed by atoms with Gasteiger partial charge in [0.15, 0.2) is 0 Å². The molecule has 2 heteroatoms. The molecular weight excluding hydrogens is 284 g/mol. The second-order valence-corrected chi connectivity index (χ2v) is 12.7. The Labute approximate surface area is 138 Å². The van der Waals surface area contributed by atoms with Gasteiger partial charge in [-0.3, -0.25) is 0 Å². The van der Waals surface area contributed by atoms with Gasteiger partial charge in [0.25, 0.3) is 0 Å². The summed E-state index contributed by atoms with van der Waals surface area (Å²) in [4.78, 5) is 0. The van der Waals surface area contributed by atoms with Gasteiger partial charge in [0.05, 0.1) is 19.9 Å². The minimum atomic E-state index is -1.45. The molecule has 0 heterocycles. The average molecular weight is 319 g/mol. The number of rotatable bonds is 10. The van der Waals surface area contributed by atoms with Crippen molar-refractivity contribution in [3.05, 3.63) is 48.6 Å². The van der Waals surface area contributed by atoms with E-state index in [4.69, 9.17) is 4.74 Å². The minimum absolute atomic E-state index is 0.253. The molecule has 0 saturated heterocycles. The van der Waals surface area contributed by atoms with Crippen molar-refractivity contribution in [2.24, 2.45) is 5.92 Å². The predicted octanol–water partition coefficient (Wildman–Crippen LogP) is 6.39. The van der Waals surface area contributed by atoms with E-state index in [1.54, 1.807) is 0 Å². The zero-order valence-electron chi connectivity index (χ0n) is 15.1. The SMILES string of the molecule is C=CC(C)[C@@H](CCCCC)O[C@H](c1ccccc1)[Si](C)(C)C. The topological polar surface area (TPSA) is 9.23 Å². The van der Waals surface area contributed by atoms with Crippen LogP contribution in [0.3, 0.4) is 0 Å². The number of benzene rings is 1.